The van der Waals surface area contributed by atoms with E-state index in [1.54, 1.807) is 35.2 Å². The predicted octanol–water partition coefficient (Wildman–Crippen LogP) is 5.03. The molecular weight excluding hydrogens is 382 g/mol. The number of thioether (sulfide) groups is 1. The van der Waals surface area contributed by atoms with Crippen LogP contribution in [0.5, 0.6) is 0 Å². The van der Waals surface area contributed by atoms with Crippen LogP contribution in [0.15, 0.2) is 47.4 Å². The van der Waals surface area contributed by atoms with Gasteiger partial charge >= 0.3 is 0 Å². The van der Waals surface area contributed by atoms with Crippen molar-refractivity contribution in [1.29, 1.82) is 0 Å². The van der Waals surface area contributed by atoms with E-state index in [4.69, 9.17) is 11.6 Å². The molecule has 8 heteroatoms. The van der Waals surface area contributed by atoms with Gasteiger partial charge < -0.3 is 10.2 Å². The summed E-state index contributed by atoms with van der Waals surface area (Å²) in [5, 5.41) is 2.76. The van der Waals surface area contributed by atoms with Crippen molar-refractivity contribution < 1.29 is 18.4 Å². The molecule has 1 aliphatic heterocycles. The van der Waals surface area contributed by atoms with Crippen molar-refractivity contribution in [2.45, 2.75) is 23.5 Å². The van der Waals surface area contributed by atoms with Crippen LogP contribution in [0, 0.1) is 0 Å². The number of amides is 2. The van der Waals surface area contributed by atoms with Gasteiger partial charge in [0.25, 0.3) is 11.7 Å². The van der Waals surface area contributed by atoms with E-state index in [1.165, 1.54) is 12.1 Å². The van der Waals surface area contributed by atoms with Crippen molar-refractivity contribution in [3.63, 3.8) is 0 Å². The molecule has 0 radical (unpaired) electrons. The van der Waals surface area contributed by atoms with Crippen LogP contribution in [0.1, 0.15) is 23.2 Å². The molecule has 1 fully saturated rings. The first-order chi connectivity index (χ1) is 12.5. The fourth-order valence-electron chi connectivity index (χ4n) is 2.75. The van der Waals surface area contributed by atoms with Gasteiger partial charge in [0.15, 0.2) is 0 Å². The third-order valence-corrected chi connectivity index (χ3v) is 5.20. The summed E-state index contributed by atoms with van der Waals surface area (Å²) in [6, 6.07) is 11.2. The van der Waals surface area contributed by atoms with Gasteiger partial charge in [0.05, 0.1) is 15.6 Å². The summed E-state index contributed by atoms with van der Waals surface area (Å²) in [6.07, 6.45) is 1.28. The molecule has 0 aliphatic carbocycles. The Morgan fingerprint density at radius 3 is 2.69 bits per heavy atom. The van der Waals surface area contributed by atoms with Gasteiger partial charge in [-0.25, -0.2) is 0 Å². The molecule has 1 heterocycles. The smallest absolute Gasteiger partial charge is 0.289 e. The van der Waals surface area contributed by atoms with Gasteiger partial charge in [0, 0.05) is 24.2 Å². The number of anilines is 2. The van der Waals surface area contributed by atoms with Crippen LogP contribution in [0.4, 0.5) is 20.2 Å². The minimum absolute atomic E-state index is 0.0213. The molecule has 1 saturated heterocycles. The topological polar surface area (TPSA) is 49.4 Å². The Morgan fingerprint density at radius 1 is 1.23 bits per heavy atom. The number of nitrogens with one attached hydrogen (secondary N) is 1. The van der Waals surface area contributed by atoms with E-state index in [0.717, 1.165) is 6.42 Å². The summed E-state index contributed by atoms with van der Waals surface area (Å²) in [4.78, 5) is 26.2. The number of alkyl halides is 2. The Labute approximate surface area is 158 Å². The molecule has 2 aromatic rings. The van der Waals surface area contributed by atoms with Crippen molar-refractivity contribution in [1.82, 2.24) is 0 Å². The zero-order valence-corrected chi connectivity index (χ0v) is 15.1. The summed E-state index contributed by atoms with van der Waals surface area (Å²) in [5.74, 6) is -3.10. The van der Waals surface area contributed by atoms with Crippen LogP contribution in [0.25, 0.3) is 0 Å². The second-order valence-corrected chi connectivity index (χ2v) is 7.06. The summed E-state index contributed by atoms with van der Waals surface area (Å²) in [7, 11) is 0. The minimum Gasteiger partial charge on any atom is -0.321 e. The maximum atomic E-state index is 12.8. The Morgan fingerprint density at radius 2 is 2.00 bits per heavy atom. The van der Waals surface area contributed by atoms with E-state index in [1.807, 2.05) is 0 Å². The molecule has 2 aromatic carbocycles. The number of hydrogen-bond donors (Lipinski definition) is 1. The molecule has 0 aromatic heterocycles. The molecule has 0 bridgehead atoms. The Kier molecular flexibility index (Phi) is 5.78. The van der Waals surface area contributed by atoms with Crippen LogP contribution in [0.2, 0.25) is 5.02 Å². The van der Waals surface area contributed by atoms with E-state index >= 15 is 0 Å². The highest BCUT2D eigenvalue weighted by Crippen LogP contribution is 2.37. The molecule has 2 amide bonds. The average Bonchev–Trinajstić information content (AvgIpc) is 3.04. The zero-order valence-electron chi connectivity index (χ0n) is 13.5. The Balaban J connectivity index is 1.83. The quantitative estimate of drug-likeness (QED) is 0.721. The molecule has 0 atom stereocenters. The van der Waals surface area contributed by atoms with Crippen molar-refractivity contribution in [2.24, 2.45) is 0 Å². The third kappa shape index (κ3) is 4.16. The van der Waals surface area contributed by atoms with Crippen LogP contribution in [-0.2, 0) is 4.79 Å². The number of carbonyl (C=O) groups is 2. The predicted molar refractivity (Wildman–Crippen MR) is 99.3 cm³/mol. The van der Waals surface area contributed by atoms with E-state index in [9.17, 15) is 18.4 Å². The molecule has 26 heavy (non-hydrogen) atoms. The highest BCUT2D eigenvalue weighted by molar-refractivity contribution is 7.99. The lowest BCUT2D eigenvalue weighted by atomic mass is 10.1. The molecule has 1 aliphatic rings. The van der Waals surface area contributed by atoms with Gasteiger partial charge in [-0.1, -0.05) is 35.5 Å². The number of benzene rings is 2. The van der Waals surface area contributed by atoms with Crippen molar-refractivity contribution >= 4 is 46.6 Å². The number of halogens is 3. The van der Waals surface area contributed by atoms with E-state index in [0.29, 0.717) is 24.2 Å². The first-order valence-corrected chi connectivity index (χ1v) is 9.16. The second-order valence-electron chi connectivity index (χ2n) is 5.65. The first kappa shape index (κ1) is 18.7. The SMILES string of the molecule is O=C(Nc1cccc(Cl)c1SC(F)F)c1cccc(N2CCCC2=O)c1. The van der Waals surface area contributed by atoms with Gasteiger partial charge in [-0.2, -0.15) is 8.78 Å². The lowest BCUT2D eigenvalue weighted by Crippen LogP contribution is -2.24. The second kappa shape index (κ2) is 8.05. The summed E-state index contributed by atoms with van der Waals surface area (Å²) in [6.45, 7) is 0.618. The van der Waals surface area contributed by atoms with Crippen LogP contribution >= 0.6 is 23.4 Å². The fraction of sp³-hybridized carbons (Fsp3) is 0.222. The monoisotopic (exact) mass is 396 g/mol. The van der Waals surface area contributed by atoms with Gasteiger partial charge in [0.2, 0.25) is 5.91 Å². The van der Waals surface area contributed by atoms with E-state index in [-0.39, 0.29) is 33.3 Å². The number of rotatable bonds is 5. The molecule has 0 unspecified atom stereocenters. The van der Waals surface area contributed by atoms with Crippen LogP contribution in [-0.4, -0.2) is 24.1 Å². The van der Waals surface area contributed by atoms with E-state index in [2.05, 4.69) is 5.32 Å². The van der Waals surface area contributed by atoms with Crippen molar-refractivity contribution in [3.8, 4) is 0 Å². The van der Waals surface area contributed by atoms with Gasteiger partial charge in [-0.3, -0.25) is 9.59 Å². The lowest BCUT2D eigenvalue weighted by Gasteiger charge is -2.17. The maximum Gasteiger partial charge on any atom is 0.289 e. The van der Waals surface area contributed by atoms with Gasteiger partial charge in [0.1, 0.15) is 0 Å². The van der Waals surface area contributed by atoms with Crippen LogP contribution < -0.4 is 10.2 Å². The molecule has 0 saturated carbocycles. The molecule has 1 N–H and O–H groups in total. The minimum atomic E-state index is -2.66. The molecule has 4 nitrogen and oxygen atoms in total. The summed E-state index contributed by atoms with van der Waals surface area (Å²) < 4.78 is 25.5. The van der Waals surface area contributed by atoms with Gasteiger partial charge in [-0.15, -0.1) is 0 Å². The van der Waals surface area contributed by atoms with Gasteiger partial charge in [-0.05, 0) is 36.8 Å². The Bertz CT molecular complexity index is 848. The Hall–Kier alpha value is -2.12. The summed E-state index contributed by atoms with van der Waals surface area (Å²) in [5.41, 5.74) is 1.19. The van der Waals surface area contributed by atoms with Crippen molar-refractivity contribution in [3.05, 3.63) is 53.1 Å². The van der Waals surface area contributed by atoms with Crippen molar-refractivity contribution in [2.75, 3.05) is 16.8 Å². The zero-order chi connectivity index (χ0) is 18.7. The number of nitrogens with zero attached hydrogens (tertiary/aromatic N) is 1. The fourth-order valence-corrected chi connectivity index (χ4v) is 3.66. The maximum absolute atomic E-state index is 12.8. The molecule has 0 spiro atoms. The number of carbonyl (C=O) groups excluding carboxylic acids is 2. The summed E-state index contributed by atoms with van der Waals surface area (Å²) >= 11 is 6.26. The average molecular weight is 397 g/mol. The molecule has 3 rings (SSSR count). The normalized spacial score (nSPS) is 14.2. The standard InChI is InChI=1S/C18H15ClF2N2O2S/c19-13-6-2-7-14(16(13)26-18(20)21)22-17(25)11-4-1-5-12(10-11)23-9-3-8-15(23)24/h1-2,4-7,10,18H,3,8-9H2,(H,22,25). The largest absolute Gasteiger partial charge is 0.321 e. The highest BCUT2D eigenvalue weighted by atomic mass is 35.5. The van der Waals surface area contributed by atoms with Crippen LogP contribution in [0.3, 0.4) is 0 Å². The van der Waals surface area contributed by atoms with E-state index < -0.39 is 11.7 Å². The lowest BCUT2D eigenvalue weighted by molar-refractivity contribution is -0.117. The third-order valence-electron chi connectivity index (χ3n) is 3.92. The number of hydrogen-bond acceptors (Lipinski definition) is 3. The molecular formula is C18H15ClF2N2O2S. The highest BCUT2D eigenvalue weighted by Gasteiger charge is 2.22. The first-order valence-electron chi connectivity index (χ1n) is 7.91. The molecule has 136 valence electrons.